The van der Waals surface area contributed by atoms with Gasteiger partial charge in [0, 0.05) is 43.1 Å². The van der Waals surface area contributed by atoms with E-state index in [1.54, 1.807) is 11.3 Å². The van der Waals surface area contributed by atoms with Crippen LogP contribution in [0.4, 0.5) is 0 Å². The molecule has 3 heterocycles. The Morgan fingerprint density at radius 1 is 1.22 bits per heavy atom. The Morgan fingerprint density at radius 3 is 2.87 bits per heavy atom. The maximum Gasteiger partial charge on any atom is 0.261 e. The lowest BCUT2D eigenvalue weighted by Gasteiger charge is -2.31. The Morgan fingerprint density at radius 2 is 2.04 bits per heavy atom. The highest BCUT2D eigenvalue weighted by molar-refractivity contribution is 7.20. The Kier molecular flexibility index (Phi) is 4.33. The van der Waals surface area contributed by atoms with Gasteiger partial charge in [0.05, 0.1) is 4.88 Å². The first-order chi connectivity index (χ1) is 11.3. The van der Waals surface area contributed by atoms with Crippen molar-refractivity contribution in [3.05, 3.63) is 35.2 Å². The van der Waals surface area contributed by atoms with Crippen LogP contribution in [-0.4, -0.2) is 49.2 Å². The van der Waals surface area contributed by atoms with Crippen molar-refractivity contribution >= 4 is 27.3 Å². The van der Waals surface area contributed by atoms with Gasteiger partial charge >= 0.3 is 0 Å². The first-order valence-electron chi connectivity index (χ1n) is 8.41. The van der Waals surface area contributed by atoms with Gasteiger partial charge in [-0.15, -0.1) is 11.3 Å². The van der Waals surface area contributed by atoms with Gasteiger partial charge in [-0.25, -0.2) is 0 Å². The second kappa shape index (κ2) is 6.59. The molecule has 2 aromatic rings. The van der Waals surface area contributed by atoms with Crippen molar-refractivity contribution in [3.8, 4) is 0 Å². The Balaban J connectivity index is 1.37. The summed E-state index contributed by atoms with van der Waals surface area (Å²) in [6.45, 7) is 3.81. The third-order valence-electron chi connectivity index (χ3n) is 4.91. The second-order valence-electron chi connectivity index (χ2n) is 6.45. The van der Waals surface area contributed by atoms with E-state index in [-0.39, 0.29) is 11.9 Å². The molecule has 122 valence electrons. The van der Waals surface area contributed by atoms with Crippen LogP contribution in [0.1, 0.15) is 28.9 Å². The number of carbonyl (C=O) groups is 1. The van der Waals surface area contributed by atoms with Crippen molar-refractivity contribution in [2.75, 3.05) is 26.3 Å². The zero-order chi connectivity index (χ0) is 15.6. The first kappa shape index (κ1) is 15.1. The summed E-state index contributed by atoms with van der Waals surface area (Å²) in [7, 11) is 0. The lowest BCUT2D eigenvalue weighted by molar-refractivity contribution is 0.0415. The fourth-order valence-electron chi connectivity index (χ4n) is 3.64. The van der Waals surface area contributed by atoms with Crippen LogP contribution in [-0.2, 0) is 4.74 Å². The summed E-state index contributed by atoms with van der Waals surface area (Å²) >= 11 is 1.58. The predicted molar refractivity (Wildman–Crippen MR) is 93.1 cm³/mol. The average molecular weight is 330 g/mol. The number of carbonyl (C=O) groups excluding carboxylic acids is 1. The summed E-state index contributed by atoms with van der Waals surface area (Å²) in [5.74, 6) is 0.0741. The number of nitrogens with one attached hydrogen (secondary N) is 1. The fraction of sp³-hybridized carbons (Fsp3) is 0.500. The number of hydrogen-bond donors (Lipinski definition) is 1. The van der Waals surface area contributed by atoms with E-state index in [1.165, 1.54) is 4.70 Å². The maximum absolute atomic E-state index is 12.5. The van der Waals surface area contributed by atoms with Crippen molar-refractivity contribution in [2.24, 2.45) is 0 Å². The van der Waals surface area contributed by atoms with Crippen LogP contribution < -0.4 is 5.32 Å². The molecule has 1 atom stereocenters. The summed E-state index contributed by atoms with van der Waals surface area (Å²) in [5.41, 5.74) is 0. The van der Waals surface area contributed by atoms with Crippen molar-refractivity contribution < 1.29 is 9.53 Å². The van der Waals surface area contributed by atoms with E-state index in [9.17, 15) is 4.79 Å². The summed E-state index contributed by atoms with van der Waals surface area (Å²) in [4.78, 5) is 15.9. The standard InChI is InChI=1S/C18H22N2O2S/c21-18(17-11-13-3-1-2-4-16(13)23-17)19-14-5-8-20(12-14)15-6-9-22-10-7-15/h1-4,11,14-15H,5-10,12H2,(H,19,21). The fourth-order valence-corrected chi connectivity index (χ4v) is 4.60. The zero-order valence-electron chi connectivity index (χ0n) is 13.2. The molecular formula is C18H22N2O2S. The normalized spacial score (nSPS) is 23.4. The van der Waals surface area contributed by atoms with E-state index >= 15 is 0 Å². The third kappa shape index (κ3) is 3.27. The van der Waals surface area contributed by atoms with E-state index in [4.69, 9.17) is 4.74 Å². The van der Waals surface area contributed by atoms with Crippen molar-refractivity contribution in [3.63, 3.8) is 0 Å². The summed E-state index contributed by atoms with van der Waals surface area (Å²) in [6.07, 6.45) is 3.29. The van der Waals surface area contributed by atoms with Gasteiger partial charge in [-0.3, -0.25) is 9.69 Å². The molecule has 1 aromatic carbocycles. The van der Waals surface area contributed by atoms with E-state index in [0.717, 1.165) is 55.8 Å². The topological polar surface area (TPSA) is 41.6 Å². The van der Waals surface area contributed by atoms with Crippen LogP contribution in [0.15, 0.2) is 30.3 Å². The zero-order valence-corrected chi connectivity index (χ0v) is 14.0. The Bertz CT molecular complexity index is 660. The van der Waals surface area contributed by atoms with Crippen LogP contribution in [0, 0.1) is 0 Å². The number of hydrogen-bond acceptors (Lipinski definition) is 4. The van der Waals surface area contributed by atoms with Gasteiger partial charge in [-0.2, -0.15) is 0 Å². The molecule has 2 aliphatic heterocycles. The molecule has 23 heavy (non-hydrogen) atoms. The number of likely N-dealkylation sites (tertiary alicyclic amines) is 1. The number of amides is 1. The monoisotopic (exact) mass is 330 g/mol. The number of fused-ring (bicyclic) bond motifs is 1. The summed E-state index contributed by atoms with van der Waals surface area (Å²) in [6, 6.07) is 11.1. The van der Waals surface area contributed by atoms with Crippen molar-refractivity contribution in [1.82, 2.24) is 10.2 Å². The minimum atomic E-state index is 0.0741. The minimum absolute atomic E-state index is 0.0741. The second-order valence-corrected chi connectivity index (χ2v) is 7.53. The summed E-state index contributed by atoms with van der Waals surface area (Å²) in [5, 5.41) is 4.37. The SMILES string of the molecule is O=C(NC1CCN(C2CCOCC2)C1)c1cc2ccccc2s1. The number of thiophene rings is 1. The molecule has 0 radical (unpaired) electrons. The molecule has 1 N–H and O–H groups in total. The van der Waals surface area contributed by atoms with Crippen LogP contribution >= 0.6 is 11.3 Å². The number of ether oxygens (including phenoxy) is 1. The van der Waals surface area contributed by atoms with Crippen LogP contribution in [0.3, 0.4) is 0 Å². The molecule has 2 aliphatic rings. The highest BCUT2D eigenvalue weighted by Gasteiger charge is 2.30. The molecule has 0 saturated carbocycles. The van der Waals surface area contributed by atoms with Gasteiger partial charge in [-0.05, 0) is 36.8 Å². The molecule has 2 saturated heterocycles. The number of rotatable bonds is 3. The minimum Gasteiger partial charge on any atom is -0.381 e. The van der Waals surface area contributed by atoms with Gasteiger partial charge in [0.1, 0.15) is 0 Å². The Hall–Kier alpha value is -1.43. The van der Waals surface area contributed by atoms with Gasteiger partial charge in [0.2, 0.25) is 0 Å². The van der Waals surface area contributed by atoms with Crippen LogP contribution in [0.5, 0.6) is 0 Å². The third-order valence-corrected chi connectivity index (χ3v) is 6.03. The molecule has 1 amide bonds. The molecule has 4 nitrogen and oxygen atoms in total. The molecule has 1 unspecified atom stereocenters. The van der Waals surface area contributed by atoms with Gasteiger partial charge in [0.25, 0.3) is 5.91 Å². The van der Waals surface area contributed by atoms with Gasteiger partial charge in [-0.1, -0.05) is 18.2 Å². The van der Waals surface area contributed by atoms with Crippen molar-refractivity contribution in [2.45, 2.75) is 31.3 Å². The predicted octanol–water partition coefficient (Wildman–Crippen LogP) is 2.88. The Labute approximate surface area is 140 Å². The van der Waals surface area contributed by atoms with E-state index in [2.05, 4.69) is 22.3 Å². The highest BCUT2D eigenvalue weighted by atomic mass is 32.1. The molecule has 4 rings (SSSR count). The first-order valence-corrected chi connectivity index (χ1v) is 9.22. The number of nitrogens with zero attached hydrogens (tertiary/aromatic N) is 1. The maximum atomic E-state index is 12.5. The molecule has 5 heteroatoms. The lowest BCUT2D eigenvalue weighted by atomic mass is 10.1. The lowest BCUT2D eigenvalue weighted by Crippen LogP contribution is -2.41. The largest absolute Gasteiger partial charge is 0.381 e. The van der Waals surface area contributed by atoms with E-state index in [1.807, 2.05) is 18.2 Å². The van der Waals surface area contributed by atoms with E-state index < -0.39 is 0 Å². The molecule has 1 aromatic heterocycles. The molecule has 0 spiro atoms. The molecule has 0 aliphatic carbocycles. The molecule has 0 bridgehead atoms. The van der Waals surface area contributed by atoms with Crippen LogP contribution in [0.25, 0.3) is 10.1 Å². The van der Waals surface area contributed by atoms with E-state index in [0.29, 0.717) is 6.04 Å². The summed E-state index contributed by atoms with van der Waals surface area (Å²) < 4.78 is 6.62. The number of benzene rings is 1. The quantitative estimate of drug-likeness (QED) is 0.941. The average Bonchev–Trinajstić information content (AvgIpc) is 3.22. The molecular weight excluding hydrogens is 308 g/mol. The van der Waals surface area contributed by atoms with Gasteiger partial charge < -0.3 is 10.1 Å². The molecule has 2 fully saturated rings. The smallest absolute Gasteiger partial charge is 0.261 e. The van der Waals surface area contributed by atoms with Crippen LogP contribution in [0.2, 0.25) is 0 Å². The highest BCUT2D eigenvalue weighted by Crippen LogP contribution is 2.26. The van der Waals surface area contributed by atoms with Crippen molar-refractivity contribution in [1.29, 1.82) is 0 Å². The van der Waals surface area contributed by atoms with Gasteiger partial charge in [0.15, 0.2) is 0 Å².